The highest BCUT2D eigenvalue weighted by Gasteiger charge is 2.17. The third-order valence-corrected chi connectivity index (χ3v) is 10.1. The summed E-state index contributed by atoms with van der Waals surface area (Å²) in [5, 5.41) is 7.41. The summed E-state index contributed by atoms with van der Waals surface area (Å²) >= 11 is 0. The first-order valence-corrected chi connectivity index (χ1v) is 18.8. The number of rotatable bonds is 14. The Morgan fingerprint density at radius 3 is 2.27 bits per heavy atom. The summed E-state index contributed by atoms with van der Waals surface area (Å²) in [5.74, 6) is 3.26. The number of aryl methyl sites for hydroxylation is 3. The van der Waals surface area contributed by atoms with Crippen molar-refractivity contribution in [2.24, 2.45) is 5.92 Å². The van der Waals surface area contributed by atoms with Crippen LogP contribution in [0, 0.1) is 19.8 Å². The van der Waals surface area contributed by atoms with Crippen LogP contribution in [0.5, 0.6) is 11.5 Å². The van der Waals surface area contributed by atoms with Gasteiger partial charge in [-0.15, -0.1) is 0 Å². The van der Waals surface area contributed by atoms with Crippen LogP contribution in [0.2, 0.25) is 0 Å². The Morgan fingerprint density at radius 1 is 0.686 bits per heavy atom. The van der Waals surface area contributed by atoms with Gasteiger partial charge in [-0.05, 0) is 111 Å². The molecule has 0 atom stereocenters. The highest BCUT2D eigenvalue weighted by atomic mass is 16.5. The van der Waals surface area contributed by atoms with Crippen LogP contribution in [0.4, 0.5) is 0 Å². The predicted octanol–water partition coefficient (Wildman–Crippen LogP) is 12.5. The number of aromatic nitrogens is 4. The zero-order valence-corrected chi connectivity index (χ0v) is 30.8. The average molecular weight is 675 g/mol. The van der Waals surface area contributed by atoms with Gasteiger partial charge in [-0.25, -0.2) is 9.67 Å². The third kappa shape index (κ3) is 7.49. The summed E-state index contributed by atoms with van der Waals surface area (Å²) in [6.45, 7) is 11.1. The van der Waals surface area contributed by atoms with Crippen molar-refractivity contribution in [3.8, 4) is 34.1 Å². The number of ether oxygens (including phenoxy) is 1. The average Bonchev–Trinajstić information content (AvgIpc) is 3.62. The fraction of sp³-hybridized carbons (Fsp3) is 0.304. The molecule has 7 rings (SSSR count). The smallest absolute Gasteiger partial charge is 0.137 e. The summed E-state index contributed by atoms with van der Waals surface area (Å²) in [6.07, 6.45) is 11.5. The van der Waals surface area contributed by atoms with E-state index in [1.165, 1.54) is 77.1 Å². The molecule has 7 aromatic rings. The predicted molar refractivity (Wildman–Crippen MR) is 213 cm³/mol. The van der Waals surface area contributed by atoms with Crippen molar-refractivity contribution in [3.63, 3.8) is 0 Å². The van der Waals surface area contributed by atoms with E-state index in [0.29, 0.717) is 0 Å². The minimum absolute atomic E-state index is 0.751. The zero-order valence-electron chi connectivity index (χ0n) is 30.8. The monoisotopic (exact) mass is 674 g/mol. The molecule has 260 valence electrons. The minimum atomic E-state index is 0.751. The van der Waals surface area contributed by atoms with E-state index >= 15 is 0 Å². The van der Waals surface area contributed by atoms with Crippen LogP contribution in [-0.4, -0.2) is 19.3 Å². The highest BCUT2D eigenvalue weighted by molar-refractivity contribution is 6.09. The molecule has 0 N–H and O–H groups in total. The van der Waals surface area contributed by atoms with Crippen LogP contribution in [0.25, 0.3) is 44.4 Å². The van der Waals surface area contributed by atoms with Crippen molar-refractivity contribution in [2.45, 2.75) is 86.0 Å². The molecule has 0 bridgehead atoms. The summed E-state index contributed by atoms with van der Waals surface area (Å²) in [5.41, 5.74) is 10.4. The number of nitrogens with zero attached hydrogens (tertiary/aromatic N) is 4. The Bertz CT molecular complexity index is 2260. The lowest BCUT2D eigenvalue weighted by Gasteiger charge is -2.11. The van der Waals surface area contributed by atoms with E-state index in [2.05, 4.69) is 124 Å². The van der Waals surface area contributed by atoms with E-state index in [9.17, 15) is 0 Å². The molecule has 0 aliphatic carbocycles. The number of unbranched alkanes of at least 4 members (excludes halogenated alkanes) is 3. The lowest BCUT2D eigenvalue weighted by atomic mass is 10.0. The van der Waals surface area contributed by atoms with Gasteiger partial charge in [0.15, 0.2) is 0 Å². The van der Waals surface area contributed by atoms with Crippen molar-refractivity contribution >= 4 is 21.8 Å². The second-order valence-electron chi connectivity index (χ2n) is 14.4. The summed E-state index contributed by atoms with van der Waals surface area (Å²) < 4.78 is 11.0. The molecule has 5 heteroatoms. The van der Waals surface area contributed by atoms with Crippen LogP contribution < -0.4 is 4.74 Å². The van der Waals surface area contributed by atoms with Gasteiger partial charge in [-0.1, -0.05) is 88.9 Å². The van der Waals surface area contributed by atoms with Gasteiger partial charge < -0.3 is 4.74 Å². The van der Waals surface area contributed by atoms with E-state index in [-0.39, 0.29) is 0 Å². The summed E-state index contributed by atoms with van der Waals surface area (Å²) in [7, 11) is 0. The number of pyridine rings is 1. The molecule has 0 aliphatic heterocycles. The number of benzene rings is 4. The molecule has 0 fully saturated rings. The summed E-state index contributed by atoms with van der Waals surface area (Å²) in [6, 6.07) is 36.6. The van der Waals surface area contributed by atoms with Gasteiger partial charge in [0.25, 0.3) is 0 Å². The van der Waals surface area contributed by atoms with Gasteiger partial charge in [0.1, 0.15) is 17.3 Å². The molecule has 5 nitrogen and oxygen atoms in total. The zero-order chi connectivity index (χ0) is 35.3. The topological polar surface area (TPSA) is 44.9 Å². The quantitative estimate of drug-likeness (QED) is 0.108. The Balaban J connectivity index is 1.25. The van der Waals surface area contributed by atoms with Crippen molar-refractivity contribution in [1.29, 1.82) is 0 Å². The van der Waals surface area contributed by atoms with Crippen molar-refractivity contribution in [3.05, 3.63) is 132 Å². The second-order valence-corrected chi connectivity index (χ2v) is 14.4. The van der Waals surface area contributed by atoms with Crippen LogP contribution in [-0.2, 0) is 12.8 Å². The molecule has 4 aromatic carbocycles. The van der Waals surface area contributed by atoms with Gasteiger partial charge in [0, 0.05) is 40.4 Å². The van der Waals surface area contributed by atoms with Crippen molar-refractivity contribution < 1.29 is 4.74 Å². The van der Waals surface area contributed by atoms with Gasteiger partial charge >= 0.3 is 0 Å². The lowest BCUT2D eigenvalue weighted by molar-refractivity contribution is 0.482. The lowest BCUT2D eigenvalue weighted by Crippen LogP contribution is -2.00. The molecule has 51 heavy (non-hydrogen) atoms. The standard InChI is InChI=1S/C46H50N4O/c1-6-7-9-16-36-26-27-47-45(29-36)49-43-25-22-35(17-13-12-15-32(2)3)28-42(43)41-24-23-40(31-44(41)49)51-39-21-14-20-38(30-39)50-34(5)46(33(4)48-50)37-18-10-8-11-19-37/h8,10-11,14,18-32H,6-7,9,12-13,15-17H2,1-5H3. The fourth-order valence-electron chi connectivity index (χ4n) is 7.44. The Labute approximate surface area is 302 Å². The Hall–Kier alpha value is -5.16. The number of hydrogen-bond donors (Lipinski definition) is 0. The van der Waals surface area contributed by atoms with E-state index in [4.69, 9.17) is 14.8 Å². The van der Waals surface area contributed by atoms with Crippen molar-refractivity contribution in [2.75, 3.05) is 0 Å². The van der Waals surface area contributed by atoms with E-state index in [1.54, 1.807) is 0 Å². The van der Waals surface area contributed by atoms with E-state index in [0.717, 1.165) is 58.7 Å². The maximum atomic E-state index is 6.62. The normalized spacial score (nSPS) is 11.6. The molecule has 0 radical (unpaired) electrons. The van der Waals surface area contributed by atoms with Crippen LogP contribution in [0.15, 0.2) is 109 Å². The number of fused-ring (bicyclic) bond motifs is 3. The minimum Gasteiger partial charge on any atom is -0.457 e. The van der Waals surface area contributed by atoms with Crippen LogP contribution in [0.1, 0.15) is 81.8 Å². The van der Waals surface area contributed by atoms with Crippen molar-refractivity contribution in [1.82, 2.24) is 19.3 Å². The van der Waals surface area contributed by atoms with Crippen LogP contribution >= 0.6 is 0 Å². The highest BCUT2D eigenvalue weighted by Crippen LogP contribution is 2.37. The SMILES string of the molecule is CCCCCc1ccnc(-n2c3ccc(CCCCC(C)C)cc3c3ccc(Oc4cccc(-n5nc(C)c(-c6ccccc6)c5C)c4)cc32)c1. The molecule has 3 aromatic heterocycles. The second kappa shape index (κ2) is 15.4. The maximum Gasteiger partial charge on any atom is 0.137 e. The number of hydrogen-bond acceptors (Lipinski definition) is 3. The Kier molecular flexibility index (Phi) is 10.3. The van der Waals surface area contributed by atoms with E-state index < -0.39 is 0 Å². The molecular formula is C46H50N4O. The maximum absolute atomic E-state index is 6.62. The molecule has 0 saturated heterocycles. The largest absolute Gasteiger partial charge is 0.457 e. The molecular weight excluding hydrogens is 625 g/mol. The molecule has 0 saturated carbocycles. The molecule has 0 spiro atoms. The first kappa shape index (κ1) is 34.3. The van der Waals surface area contributed by atoms with Gasteiger partial charge in [-0.2, -0.15) is 5.10 Å². The van der Waals surface area contributed by atoms with Crippen LogP contribution in [0.3, 0.4) is 0 Å². The third-order valence-electron chi connectivity index (χ3n) is 10.1. The Morgan fingerprint density at radius 2 is 1.47 bits per heavy atom. The first-order chi connectivity index (χ1) is 24.9. The molecule has 0 amide bonds. The van der Waals surface area contributed by atoms with Gasteiger partial charge in [-0.3, -0.25) is 4.57 Å². The summed E-state index contributed by atoms with van der Waals surface area (Å²) in [4.78, 5) is 4.92. The molecule has 3 heterocycles. The molecule has 0 unspecified atom stereocenters. The first-order valence-electron chi connectivity index (χ1n) is 18.8. The van der Waals surface area contributed by atoms with E-state index in [1.807, 2.05) is 29.1 Å². The fourth-order valence-corrected chi connectivity index (χ4v) is 7.44. The van der Waals surface area contributed by atoms with Gasteiger partial charge in [0.05, 0.1) is 22.4 Å². The molecule has 0 aliphatic rings. The van der Waals surface area contributed by atoms with Gasteiger partial charge in [0.2, 0.25) is 0 Å².